The fraction of sp³-hybridized carbons (Fsp3) is 0.200. The molecule has 0 radical (unpaired) electrons. The Morgan fingerprint density at radius 2 is 2.35 bits per heavy atom. The second kappa shape index (κ2) is 4.60. The molecular weight excluding hydrogens is 224 g/mol. The molecule has 0 saturated heterocycles. The molecule has 0 spiro atoms. The fourth-order valence-electron chi connectivity index (χ4n) is 1.22. The van der Waals surface area contributed by atoms with Crippen LogP contribution in [0.5, 0.6) is 5.88 Å². The molecule has 88 valence electrons. The van der Waals surface area contributed by atoms with E-state index in [1.54, 1.807) is 31.5 Å². The summed E-state index contributed by atoms with van der Waals surface area (Å²) < 4.78 is 6.47. The molecule has 0 aromatic carbocycles. The largest absolute Gasteiger partial charge is 0.479 e. The lowest BCUT2D eigenvalue weighted by Gasteiger charge is -2.05. The fourth-order valence-corrected chi connectivity index (χ4v) is 1.22. The second-order valence-electron chi connectivity index (χ2n) is 3.28. The molecule has 7 nitrogen and oxygen atoms in total. The molecule has 1 N–H and O–H groups in total. The first kappa shape index (κ1) is 11.1. The SMILES string of the molecule is Cc1cc(OCC(=O)O)nc(-n2cccn2)n1. The highest BCUT2D eigenvalue weighted by atomic mass is 16.5. The Balaban J connectivity index is 2.26. The Hall–Kier alpha value is -2.44. The minimum Gasteiger partial charge on any atom is -0.479 e. The quantitative estimate of drug-likeness (QED) is 0.825. The van der Waals surface area contributed by atoms with E-state index >= 15 is 0 Å². The number of ether oxygens (including phenoxy) is 1. The number of rotatable bonds is 4. The van der Waals surface area contributed by atoms with E-state index in [0.717, 1.165) is 0 Å². The lowest BCUT2D eigenvalue weighted by atomic mass is 10.4. The monoisotopic (exact) mass is 234 g/mol. The van der Waals surface area contributed by atoms with Gasteiger partial charge in [-0.1, -0.05) is 0 Å². The van der Waals surface area contributed by atoms with Gasteiger partial charge in [0.1, 0.15) is 0 Å². The molecule has 0 amide bonds. The van der Waals surface area contributed by atoms with Gasteiger partial charge in [0.15, 0.2) is 6.61 Å². The molecule has 0 atom stereocenters. The number of nitrogens with zero attached hydrogens (tertiary/aromatic N) is 4. The summed E-state index contributed by atoms with van der Waals surface area (Å²) in [6, 6.07) is 3.30. The maximum absolute atomic E-state index is 10.4. The third-order valence-corrected chi connectivity index (χ3v) is 1.87. The molecule has 0 unspecified atom stereocenters. The number of carboxylic acids is 1. The summed E-state index contributed by atoms with van der Waals surface area (Å²) in [5.74, 6) is -0.498. The molecular formula is C10H10N4O3. The van der Waals surface area contributed by atoms with Crippen LogP contribution >= 0.6 is 0 Å². The van der Waals surface area contributed by atoms with Crippen LogP contribution in [0, 0.1) is 6.92 Å². The maximum Gasteiger partial charge on any atom is 0.341 e. The van der Waals surface area contributed by atoms with Crippen LogP contribution in [-0.2, 0) is 4.79 Å². The molecule has 0 aliphatic heterocycles. The van der Waals surface area contributed by atoms with Gasteiger partial charge in [0.2, 0.25) is 5.88 Å². The van der Waals surface area contributed by atoms with Crippen LogP contribution in [0.15, 0.2) is 24.5 Å². The van der Waals surface area contributed by atoms with Crippen molar-refractivity contribution in [2.24, 2.45) is 0 Å². The van der Waals surface area contributed by atoms with Crippen molar-refractivity contribution in [1.82, 2.24) is 19.7 Å². The molecule has 2 aromatic heterocycles. The summed E-state index contributed by atoms with van der Waals surface area (Å²) in [7, 11) is 0. The first-order chi connectivity index (χ1) is 8.15. The minimum absolute atomic E-state index is 0.213. The van der Waals surface area contributed by atoms with E-state index in [1.807, 2.05) is 0 Å². The van der Waals surface area contributed by atoms with Crippen LogP contribution in [0.3, 0.4) is 0 Å². The smallest absolute Gasteiger partial charge is 0.341 e. The number of hydrogen-bond donors (Lipinski definition) is 1. The van der Waals surface area contributed by atoms with Gasteiger partial charge in [0, 0.05) is 24.2 Å². The molecule has 0 saturated carbocycles. The van der Waals surface area contributed by atoms with Gasteiger partial charge in [-0.15, -0.1) is 0 Å². The van der Waals surface area contributed by atoms with E-state index in [0.29, 0.717) is 11.6 Å². The van der Waals surface area contributed by atoms with E-state index in [4.69, 9.17) is 9.84 Å². The van der Waals surface area contributed by atoms with E-state index in [9.17, 15) is 4.79 Å². The number of hydrogen-bond acceptors (Lipinski definition) is 5. The van der Waals surface area contributed by atoms with Crippen molar-refractivity contribution in [3.63, 3.8) is 0 Å². The Morgan fingerprint density at radius 1 is 1.53 bits per heavy atom. The number of aliphatic carboxylic acids is 1. The highest BCUT2D eigenvalue weighted by Gasteiger charge is 2.06. The van der Waals surface area contributed by atoms with Gasteiger partial charge in [-0.3, -0.25) is 0 Å². The predicted molar refractivity (Wildman–Crippen MR) is 57.0 cm³/mol. The molecule has 0 bridgehead atoms. The molecule has 0 fully saturated rings. The zero-order chi connectivity index (χ0) is 12.3. The van der Waals surface area contributed by atoms with Crippen molar-refractivity contribution >= 4 is 5.97 Å². The average Bonchev–Trinajstić information content (AvgIpc) is 2.79. The average molecular weight is 234 g/mol. The second-order valence-corrected chi connectivity index (χ2v) is 3.28. The van der Waals surface area contributed by atoms with Gasteiger partial charge >= 0.3 is 5.97 Å². The van der Waals surface area contributed by atoms with Gasteiger partial charge in [-0.2, -0.15) is 10.1 Å². The number of carboxylic acid groups (broad SMARTS) is 1. The third-order valence-electron chi connectivity index (χ3n) is 1.87. The van der Waals surface area contributed by atoms with Crippen molar-refractivity contribution in [1.29, 1.82) is 0 Å². The van der Waals surface area contributed by atoms with E-state index in [-0.39, 0.29) is 5.88 Å². The summed E-state index contributed by atoms with van der Waals surface area (Å²) in [4.78, 5) is 18.6. The van der Waals surface area contributed by atoms with Gasteiger partial charge in [-0.05, 0) is 13.0 Å². The third kappa shape index (κ3) is 2.77. The molecule has 0 aliphatic rings. The van der Waals surface area contributed by atoms with E-state index in [1.165, 1.54) is 4.68 Å². The van der Waals surface area contributed by atoms with Crippen molar-refractivity contribution in [2.45, 2.75) is 6.92 Å². The summed E-state index contributed by atoms with van der Waals surface area (Å²) in [5, 5.41) is 12.5. The molecule has 17 heavy (non-hydrogen) atoms. The minimum atomic E-state index is -1.05. The van der Waals surface area contributed by atoms with E-state index in [2.05, 4.69) is 15.1 Å². The molecule has 7 heteroatoms. The zero-order valence-corrected chi connectivity index (χ0v) is 9.07. The lowest BCUT2D eigenvalue weighted by Crippen LogP contribution is -2.12. The van der Waals surface area contributed by atoms with Crippen LogP contribution in [0.4, 0.5) is 0 Å². The Morgan fingerprint density at radius 3 is 3.00 bits per heavy atom. The zero-order valence-electron chi connectivity index (χ0n) is 9.07. The Kier molecular flexibility index (Phi) is 2.99. The summed E-state index contributed by atoms with van der Waals surface area (Å²) in [6.45, 7) is 1.33. The first-order valence-electron chi connectivity index (χ1n) is 4.85. The number of aryl methyl sites for hydroxylation is 1. The molecule has 0 aliphatic carbocycles. The Labute approximate surface area is 96.7 Å². The summed E-state index contributed by atoms with van der Waals surface area (Å²) in [6.07, 6.45) is 3.29. The summed E-state index contributed by atoms with van der Waals surface area (Å²) in [5.41, 5.74) is 0.672. The summed E-state index contributed by atoms with van der Waals surface area (Å²) >= 11 is 0. The normalized spacial score (nSPS) is 10.2. The van der Waals surface area contributed by atoms with Crippen LogP contribution in [-0.4, -0.2) is 37.4 Å². The lowest BCUT2D eigenvalue weighted by molar-refractivity contribution is -0.139. The van der Waals surface area contributed by atoms with Crippen molar-refractivity contribution in [2.75, 3.05) is 6.61 Å². The van der Waals surface area contributed by atoms with Crippen LogP contribution < -0.4 is 4.74 Å². The number of aromatic nitrogens is 4. The van der Waals surface area contributed by atoms with Gasteiger partial charge in [0.25, 0.3) is 5.95 Å². The van der Waals surface area contributed by atoms with Gasteiger partial charge in [-0.25, -0.2) is 14.5 Å². The molecule has 2 heterocycles. The van der Waals surface area contributed by atoms with Crippen LogP contribution in [0.1, 0.15) is 5.69 Å². The van der Waals surface area contributed by atoms with Crippen molar-refractivity contribution in [3.8, 4) is 11.8 Å². The maximum atomic E-state index is 10.4. The van der Waals surface area contributed by atoms with E-state index < -0.39 is 12.6 Å². The highest BCUT2D eigenvalue weighted by molar-refractivity contribution is 5.68. The van der Waals surface area contributed by atoms with Crippen molar-refractivity contribution in [3.05, 3.63) is 30.2 Å². The Bertz CT molecular complexity index is 524. The van der Waals surface area contributed by atoms with Crippen molar-refractivity contribution < 1.29 is 14.6 Å². The number of carbonyl (C=O) groups is 1. The predicted octanol–water partition coefficient (Wildman–Crippen LogP) is 0.434. The van der Waals surface area contributed by atoms with Crippen LogP contribution in [0.2, 0.25) is 0 Å². The van der Waals surface area contributed by atoms with Gasteiger partial charge < -0.3 is 9.84 Å². The van der Waals surface area contributed by atoms with Gasteiger partial charge in [0.05, 0.1) is 0 Å². The highest BCUT2D eigenvalue weighted by Crippen LogP contribution is 2.11. The topological polar surface area (TPSA) is 90.1 Å². The first-order valence-corrected chi connectivity index (χ1v) is 4.85. The van der Waals surface area contributed by atoms with Crippen LogP contribution in [0.25, 0.3) is 5.95 Å². The standard InChI is InChI=1S/C10H10N4O3/c1-7-5-8(17-6-9(15)16)13-10(12-7)14-4-2-3-11-14/h2-5H,6H2,1H3,(H,15,16). The molecule has 2 rings (SSSR count). The molecule has 2 aromatic rings.